The summed E-state index contributed by atoms with van der Waals surface area (Å²) in [4.78, 5) is 2.39. The van der Waals surface area contributed by atoms with Crippen LogP contribution in [0.5, 0.6) is 0 Å². The van der Waals surface area contributed by atoms with Crippen LogP contribution in [-0.2, 0) is 0 Å². The van der Waals surface area contributed by atoms with Crippen LogP contribution in [0.4, 0.5) is 0 Å². The highest BCUT2D eigenvalue weighted by atomic mass is 16.0. The van der Waals surface area contributed by atoms with E-state index >= 15 is 0 Å². The van der Waals surface area contributed by atoms with Crippen molar-refractivity contribution in [1.82, 2.24) is 4.90 Å². The van der Waals surface area contributed by atoms with Crippen molar-refractivity contribution >= 4 is 0 Å². The fourth-order valence-electron chi connectivity index (χ4n) is 3.23. The van der Waals surface area contributed by atoms with Crippen molar-refractivity contribution in [3.8, 4) is 0 Å². The van der Waals surface area contributed by atoms with E-state index < -0.39 is 0 Å². The second-order valence-corrected chi connectivity index (χ2v) is 7.06. The molecule has 0 aromatic heterocycles. The quantitative estimate of drug-likeness (QED) is 0.322. The van der Waals surface area contributed by atoms with E-state index in [0.717, 1.165) is 6.04 Å². The largest absolute Gasteiger partial charge is 0.412 e. The molecule has 0 aliphatic heterocycles. The molecule has 0 radical (unpaired) electrons. The first kappa shape index (κ1) is 24.2. The van der Waals surface area contributed by atoms with E-state index in [2.05, 4.69) is 32.8 Å². The molecule has 0 aromatic carbocycles. The SMILES string of the molecule is CCCCCCCCCCCCCCCC(CC)N(C)C.O. The van der Waals surface area contributed by atoms with E-state index in [1.165, 1.54) is 96.3 Å². The zero-order valence-corrected chi connectivity index (χ0v) is 16.1. The Balaban J connectivity index is 0. The minimum absolute atomic E-state index is 0. The molecule has 0 heterocycles. The van der Waals surface area contributed by atoms with E-state index in [4.69, 9.17) is 0 Å². The highest BCUT2D eigenvalue weighted by molar-refractivity contribution is 4.63. The molecule has 0 aromatic rings. The Hall–Kier alpha value is -0.0800. The van der Waals surface area contributed by atoms with Crippen molar-refractivity contribution in [2.75, 3.05) is 14.1 Å². The fourth-order valence-corrected chi connectivity index (χ4v) is 3.23. The van der Waals surface area contributed by atoms with Gasteiger partial charge in [0.2, 0.25) is 0 Å². The van der Waals surface area contributed by atoms with E-state index in [1.54, 1.807) is 0 Å². The van der Waals surface area contributed by atoms with Crippen molar-refractivity contribution in [3.05, 3.63) is 0 Å². The number of hydrogen-bond acceptors (Lipinski definition) is 1. The number of unbranched alkanes of at least 4 members (excludes halogenated alkanes) is 12. The van der Waals surface area contributed by atoms with Gasteiger partial charge < -0.3 is 10.4 Å². The van der Waals surface area contributed by atoms with Crippen LogP contribution in [0.2, 0.25) is 0 Å². The molecule has 1 unspecified atom stereocenters. The summed E-state index contributed by atoms with van der Waals surface area (Å²) in [6.45, 7) is 4.61. The van der Waals surface area contributed by atoms with E-state index in [-0.39, 0.29) is 5.48 Å². The molecule has 136 valence electrons. The Bertz CT molecular complexity index is 194. The van der Waals surface area contributed by atoms with Crippen molar-refractivity contribution in [2.45, 2.75) is 116 Å². The summed E-state index contributed by atoms with van der Waals surface area (Å²) in [6.07, 6.45) is 21.6. The third kappa shape index (κ3) is 16.3. The van der Waals surface area contributed by atoms with Gasteiger partial charge in [-0.25, -0.2) is 0 Å². The molecule has 22 heavy (non-hydrogen) atoms. The molecule has 0 fully saturated rings. The van der Waals surface area contributed by atoms with E-state index in [9.17, 15) is 0 Å². The standard InChI is InChI=1S/C20H43N.H2O/c1-5-7-8-9-10-11-12-13-14-15-16-17-18-19-20(6-2)21(3)4;/h20H,5-19H2,1-4H3;1H2. The lowest BCUT2D eigenvalue weighted by atomic mass is 10.0. The van der Waals surface area contributed by atoms with Crippen molar-refractivity contribution < 1.29 is 5.48 Å². The Morgan fingerprint density at radius 2 is 0.955 bits per heavy atom. The summed E-state index contributed by atoms with van der Waals surface area (Å²) in [5.74, 6) is 0. The fraction of sp³-hybridized carbons (Fsp3) is 1.00. The van der Waals surface area contributed by atoms with Crippen LogP contribution in [-0.4, -0.2) is 30.5 Å². The summed E-state index contributed by atoms with van der Waals surface area (Å²) >= 11 is 0. The van der Waals surface area contributed by atoms with E-state index in [0.29, 0.717) is 0 Å². The second-order valence-electron chi connectivity index (χ2n) is 7.06. The number of hydrogen-bond donors (Lipinski definition) is 0. The zero-order chi connectivity index (χ0) is 15.8. The molecular weight excluding hydrogens is 270 g/mol. The predicted molar refractivity (Wildman–Crippen MR) is 102 cm³/mol. The Labute approximate surface area is 141 Å². The monoisotopic (exact) mass is 315 g/mol. The van der Waals surface area contributed by atoms with Gasteiger partial charge >= 0.3 is 0 Å². The van der Waals surface area contributed by atoms with Gasteiger partial charge in [0.25, 0.3) is 0 Å². The van der Waals surface area contributed by atoms with Gasteiger partial charge in [0.05, 0.1) is 0 Å². The Morgan fingerprint density at radius 3 is 1.27 bits per heavy atom. The van der Waals surface area contributed by atoms with Crippen molar-refractivity contribution in [3.63, 3.8) is 0 Å². The van der Waals surface area contributed by atoms with E-state index in [1.807, 2.05) is 0 Å². The van der Waals surface area contributed by atoms with Crippen molar-refractivity contribution in [2.24, 2.45) is 0 Å². The first-order valence-electron chi connectivity index (χ1n) is 9.88. The maximum Gasteiger partial charge on any atom is 0.00865 e. The van der Waals surface area contributed by atoms with Gasteiger partial charge in [-0.3, -0.25) is 0 Å². The van der Waals surface area contributed by atoms with Crippen LogP contribution in [0.3, 0.4) is 0 Å². The molecule has 1 atom stereocenters. The van der Waals surface area contributed by atoms with Crippen LogP contribution in [0.1, 0.15) is 110 Å². The summed E-state index contributed by atoms with van der Waals surface area (Å²) in [5.41, 5.74) is 0. The third-order valence-electron chi connectivity index (χ3n) is 4.84. The first-order valence-corrected chi connectivity index (χ1v) is 9.88. The summed E-state index contributed by atoms with van der Waals surface area (Å²) < 4.78 is 0. The highest BCUT2D eigenvalue weighted by Gasteiger charge is 2.07. The predicted octanol–water partition coefficient (Wildman–Crippen LogP) is 5.98. The van der Waals surface area contributed by atoms with Crippen LogP contribution >= 0.6 is 0 Å². The van der Waals surface area contributed by atoms with Crippen LogP contribution in [0, 0.1) is 0 Å². The summed E-state index contributed by atoms with van der Waals surface area (Å²) in [5, 5.41) is 0. The smallest absolute Gasteiger partial charge is 0.00865 e. The lowest BCUT2D eigenvalue weighted by Crippen LogP contribution is -2.26. The molecule has 2 N–H and O–H groups in total. The lowest BCUT2D eigenvalue weighted by Gasteiger charge is -2.22. The van der Waals surface area contributed by atoms with Gasteiger partial charge in [-0.2, -0.15) is 0 Å². The maximum absolute atomic E-state index is 2.39. The molecule has 2 heteroatoms. The summed E-state index contributed by atoms with van der Waals surface area (Å²) in [7, 11) is 4.44. The minimum Gasteiger partial charge on any atom is -0.412 e. The lowest BCUT2D eigenvalue weighted by molar-refractivity contribution is 0.264. The minimum atomic E-state index is 0. The van der Waals surface area contributed by atoms with Gasteiger partial charge in [-0.15, -0.1) is 0 Å². The molecule has 0 bridgehead atoms. The molecular formula is C20H45NO. The second kappa shape index (κ2) is 19.0. The van der Waals surface area contributed by atoms with Gasteiger partial charge in [0.1, 0.15) is 0 Å². The molecule has 0 amide bonds. The zero-order valence-electron chi connectivity index (χ0n) is 16.1. The van der Waals surface area contributed by atoms with Crippen LogP contribution < -0.4 is 0 Å². The molecule has 2 nitrogen and oxygen atoms in total. The van der Waals surface area contributed by atoms with Gasteiger partial charge in [-0.1, -0.05) is 97.3 Å². The van der Waals surface area contributed by atoms with Crippen molar-refractivity contribution in [1.29, 1.82) is 0 Å². The molecule has 0 aliphatic rings. The average Bonchev–Trinajstić information content (AvgIpc) is 2.47. The number of nitrogens with zero attached hydrogens (tertiary/aromatic N) is 1. The van der Waals surface area contributed by atoms with Gasteiger partial charge in [-0.05, 0) is 26.9 Å². The van der Waals surface area contributed by atoms with Gasteiger partial charge in [0.15, 0.2) is 0 Å². The summed E-state index contributed by atoms with van der Waals surface area (Å²) in [6, 6.07) is 0.803. The Kier molecular flexibility index (Phi) is 20.8. The highest BCUT2D eigenvalue weighted by Crippen LogP contribution is 2.14. The maximum atomic E-state index is 2.39. The van der Waals surface area contributed by atoms with Crippen LogP contribution in [0.15, 0.2) is 0 Å². The molecule has 0 saturated heterocycles. The average molecular weight is 316 g/mol. The molecule has 0 aliphatic carbocycles. The van der Waals surface area contributed by atoms with Gasteiger partial charge in [0, 0.05) is 6.04 Å². The molecule has 0 spiro atoms. The number of rotatable bonds is 16. The Morgan fingerprint density at radius 1 is 0.591 bits per heavy atom. The van der Waals surface area contributed by atoms with Crippen LogP contribution in [0.25, 0.3) is 0 Å². The third-order valence-corrected chi connectivity index (χ3v) is 4.84. The topological polar surface area (TPSA) is 34.7 Å². The normalized spacial score (nSPS) is 12.4. The molecule has 0 rings (SSSR count). The first-order chi connectivity index (χ1) is 10.2. The molecule has 0 saturated carbocycles.